The molecule has 1 aliphatic carbocycles. The van der Waals surface area contributed by atoms with Crippen LogP contribution in [0.1, 0.15) is 53.1 Å². The van der Waals surface area contributed by atoms with Gasteiger partial charge < -0.3 is 15.5 Å². The predicted molar refractivity (Wildman–Crippen MR) is 99.3 cm³/mol. The Morgan fingerprint density at radius 3 is 2.54 bits per heavy atom. The summed E-state index contributed by atoms with van der Waals surface area (Å²) in [5, 5.41) is 9.91. The first-order valence-electron chi connectivity index (χ1n) is 8.97. The van der Waals surface area contributed by atoms with Crippen molar-refractivity contribution < 1.29 is 22.7 Å². The summed E-state index contributed by atoms with van der Waals surface area (Å²) in [7, 11) is 0. The SMILES string of the molecule is N=Cc1ccc(NC(=O)c2cnc(OCC(F)(F)F)c(C3CCCC3)c2)cc1. The molecule has 0 atom stereocenters. The van der Waals surface area contributed by atoms with Gasteiger partial charge in [-0.05, 0) is 42.5 Å². The van der Waals surface area contributed by atoms with Crippen molar-refractivity contribution in [2.75, 3.05) is 11.9 Å². The summed E-state index contributed by atoms with van der Waals surface area (Å²) in [6.45, 7) is -1.41. The summed E-state index contributed by atoms with van der Waals surface area (Å²) in [5.41, 5.74) is 2.07. The van der Waals surface area contributed by atoms with Gasteiger partial charge in [0.2, 0.25) is 5.88 Å². The van der Waals surface area contributed by atoms with Crippen molar-refractivity contribution in [3.8, 4) is 5.88 Å². The van der Waals surface area contributed by atoms with Crippen LogP contribution in [0.25, 0.3) is 0 Å². The van der Waals surface area contributed by atoms with Gasteiger partial charge in [-0.25, -0.2) is 4.98 Å². The molecule has 5 nitrogen and oxygen atoms in total. The Morgan fingerprint density at radius 1 is 1.25 bits per heavy atom. The number of anilines is 1. The molecule has 1 amide bonds. The summed E-state index contributed by atoms with van der Waals surface area (Å²) in [6, 6.07) is 8.31. The van der Waals surface area contributed by atoms with Crippen LogP contribution in [0.15, 0.2) is 36.5 Å². The molecule has 3 rings (SSSR count). The first kappa shape index (κ1) is 19.9. The maximum Gasteiger partial charge on any atom is 0.422 e. The van der Waals surface area contributed by atoms with E-state index in [1.165, 1.54) is 12.4 Å². The van der Waals surface area contributed by atoms with Gasteiger partial charge in [0, 0.05) is 23.7 Å². The van der Waals surface area contributed by atoms with Gasteiger partial charge in [0.25, 0.3) is 5.91 Å². The van der Waals surface area contributed by atoms with Crippen molar-refractivity contribution in [3.63, 3.8) is 0 Å². The van der Waals surface area contributed by atoms with Crippen molar-refractivity contribution >= 4 is 17.8 Å². The third-order valence-electron chi connectivity index (χ3n) is 4.64. The molecule has 0 saturated heterocycles. The van der Waals surface area contributed by atoms with Gasteiger partial charge in [0.1, 0.15) is 0 Å². The molecule has 28 heavy (non-hydrogen) atoms. The number of carbonyl (C=O) groups is 1. The highest BCUT2D eigenvalue weighted by Crippen LogP contribution is 2.38. The molecule has 8 heteroatoms. The first-order valence-corrected chi connectivity index (χ1v) is 8.97. The molecule has 0 radical (unpaired) electrons. The number of halogens is 3. The van der Waals surface area contributed by atoms with E-state index in [1.54, 1.807) is 30.3 Å². The summed E-state index contributed by atoms with van der Waals surface area (Å²) >= 11 is 0. The molecular weight excluding hydrogens is 371 g/mol. The molecule has 0 spiro atoms. The van der Waals surface area contributed by atoms with Crippen molar-refractivity contribution in [1.82, 2.24) is 4.98 Å². The summed E-state index contributed by atoms with van der Waals surface area (Å²) in [6.07, 6.45) is 1.61. The number of hydrogen-bond donors (Lipinski definition) is 2. The predicted octanol–water partition coefficient (Wildman–Crippen LogP) is 4.93. The number of rotatable bonds is 6. The van der Waals surface area contributed by atoms with E-state index in [1.807, 2.05) is 0 Å². The second-order valence-corrected chi connectivity index (χ2v) is 6.72. The third-order valence-corrected chi connectivity index (χ3v) is 4.64. The van der Waals surface area contributed by atoms with Crippen LogP contribution in [0.5, 0.6) is 5.88 Å². The molecule has 1 heterocycles. The van der Waals surface area contributed by atoms with E-state index in [4.69, 9.17) is 10.1 Å². The highest BCUT2D eigenvalue weighted by molar-refractivity contribution is 6.04. The Labute approximate surface area is 160 Å². The van der Waals surface area contributed by atoms with E-state index in [-0.39, 0.29) is 17.4 Å². The molecule has 2 aromatic rings. The number of nitrogens with one attached hydrogen (secondary N) is 2. The highest BCUT2D eigenvalue weighted by atomic mass is 19.4. The molecule has 0 unspecified atom stereocenters. The highest BCUT2D eigenvalue weighted by Gasteiger charge is 2.30. The monoisotopic (exact) mass is 391 g/mol. The number of carbonyl (C=O) groups excluding carboxylic acids is 1. The Bertz CT molecular complexity index is 845. The van der Waals surface area contributed by atoms with Crippen LogP contribution in [0.3, 0.4) is 0 Å². The number of nitrogens with zero attached hydrogens (tertiary/aromatic N) is 1. The van der Waals surface area contributed by atoms with Crippen molar-refractivity contribution in [2.45, 2.75) is 37.8 Å². The van der Waals surface area contributed by atoms with Gasteiger partial charge in [-0.1, -0.05) is 25.0 Å². The molecule has 1 aromatic heterocycles. The quantitative estimate of drug-likeness (QED) is 0.686. The lowest BCUT2D eigenvalue weighted by atomic mass is 9.97. The van der Waals surface area contributed by atoms with E-state index in [0.29, 0.717) is 16.8 Å². The van der Waals surface area contributed by atoms with Crippen molar-refractivity contribution in [2.24, 2.45) is 0 Å². The number of hydrogen-bond acceptors (Lipinski definition) is 4. The average Bonchev–Trinajstić information content (AvgIpc) is 3.21. The largest absolute Gasteiger partial charge is 0.468 e. The lowest BCUT2D eigenvalue weighted by Crippen LogP contribution is -2.21. The van der Waals surface area contributed by atoms with Gasteiger partial charge >= 0.3 is 6.18 Å². The fourth-order valence-corrected chi connectivity index (χ4v) is 3.26. The minimum absolute atomic E-state index is 0.0374. The van der Waals surface area contributed by atoms with Gasteiger partial charge in [0.05, 0.1) is 5.56 Å². The van der Waals surface area contributed by atoms with Gasteiger partial charge in [-0.3, -0.25) is 4.79 Å². The topological polar surface area (TPSA) is 75.1 Å². The third kappa shape index (κ3) is 5.09. The molecule has 1 aromatic carbocycles. The molecular formula is C20H20F3N3O2. The molecule has 148 valence electrons. The number of ether oxygens (including phenoxy) is 1. The van der Waals surface area contributed by atoms with Crippen LogP contribution < -0.4 is 10.1 Å². The van der Waals surface area contributed by atoms with E-state index in [0.717, 1.165) is 25.7 Å². The second kappa shape index (κ2) is 8.41. The maximum atomic E-state index is 12.5. The van der Waals surface area contributed by atoms with E-state index >= 15 is 0 Å². The second-order valence-electron chi connectivity index (χ2n) is 6.72. The van der Waals surface area contributed by atoms with Gasteiger partial charge in [-0.2, -0.15) is 13.2 Å². The summed E-state index contributed by atoms with van der Waals surface area (Å²) < 4.78 is 42.5. The minimum atomic E-state index is -4.45. The fourth-order valence-electron chi connectivity index (χ4n) is 3.26. The fraction of sp³-hybridized carbons (Fsp3) is 0.350. The van der Waals surface area contributed by atoms with E-state index in [9.17, 15) is 18.0 Å². The van der Waals surface area contributed by atoms with E-state index in [2.05, 4.69) is 10.3 Å². The smallest absolute Gasteiger partial charge is 0.422 e. The number of amides is 1. The van der Waals surface area contributed by atoms with Gasteiger partial charge in [0.15, 0.2) is 6.61 Å². The lowest BCUT2D eigenvalue weighted by molar-refractivity contribution is -0.154. The summed E-state index contributed by atoms with van der Waals surface area (Å²) in [5.74, 6) is -0.428. The Morgan fingerprint density at radius 2 is 1.93 bits per heavy atom. The number of benzene rings is 1. The average molecular weight is 391 g/mol. The van der Waals surface area contributed by atoms with Crippen LogP contribution >= 0.6 is 0 Å². The number of pyridine rings is 1. The maximum absolute atomic E-state index is 12.5. The molecule has 1 saturated carbocycles. The Hall–Kier alpha value is -2.90. The first-order chi connectivity index (χ1) is 13.4. The summed E-state index contributed by atoms with van der Waals surface area (Å²) in [4.78, 5) is 16.6. The number of alkyl halides is 3. The lowest BCUT2D eigenvalue weighted by Gasteiger charge is -2.17. The molecule has 1 fully saturated rings. The van der Waals surface area contributed by atoms with Crippen molar-refractivity contribution in [1.29, 1.82) is 5.41 Å². The molecule has 0 aliphatic heterocycles. The molecule has 0 bridgehead atoms. The zero-order chi connectivity index (χ0) is 20.1. The van der Waals surface area contributed by atoms with Crippen LogP contribution in [0, 0.1) is 5.41 Å². The molecule has 1 aliphatic rings. The molecule has 2 N–H and O–H groups in total. The van der Waals surface area contributed by atoms with E-state index < -0.39 is 18.7 Å². The van der Waals surface area contributed by atoms with Crippen LogP contribution in [0.2, 0.25) is 0 Å². The van der Waals surface area contributed by atoms with Crippen LogP contribution in [-0.2, 0) is 0 Å². The van der Waals surface area contributed by atoms with Crippen LogP contribution in [-0.4, -0.2) is 29.9 Å². The van der Waals surface area contributed by atoms with Crippen LogP contribution in [0.4, 0.5) is 18.9 Å². The number of aromatic nitrogens is 1. The zero-order valence-electron chi connectivity index (χ0n) is 15.1. The zero-order valence-corrected chi connectivity index (χ0v) is 15.1. The normalized spacial score (nSPS) is 14.7. The Balaban J connectivity index is 1.81. The minimum Gasteiger partial charge on any atom is -0.468 e. The standard InChI is InChI=1S/C20H20F3N3O2/c21-20(22,23)12-28-19-17(14-3-1-2-4-14)9-15(11-25-19)18(27)26-16-7-5-13(10-24)6-8-16/h5-11,14,24H,1-4,12H2,(H,26,27). The van der Waals surface area contributed by atoms with Gasteiger partial charge in [-0.15, -0.1) is 0 Å². The van der Waals surface area contributed by atoms with Crippen molar-refractivity contribution in [3.05, 3.63) is 53.2 Å². The Kier molecular flexibility index (Phi) is 5.96.